The van der Waals surface area contributed by atoms with Crippen LogP contribution in [0.15, 0.2) is 0 Å². The van der Waals surface area contributed by atoms with Gasteiger partial charge in [0.2, 0.25) is 0 Å². The molecule has 13 heavy (non-hydrogen) atoms. The molecule has 0 aromatic heterocycles. The maximum Gasteiger partial charge on any atom is 0.0997 e. The van der Waals surface area contributed by atoms with Crippen molar-refractivity contribution in [2.24, 2.45) is 0 Å². The molecule has 0 spiro atoms. The molecule has 76 valence electrons. The van der Waals surface area contributed by atoms with E-state index in [4.69, 9.17) is 25.8 Å². The first-order valence-electron chi connectivity index (χ1n) is 4.71. The van der Waals surface area contributed by atoms with E-state index in [1.807, 2.05) is 0 Å². The van der Waals surface area contributed by atoms with Gasteiger partial charge in [0, 0.05) is 13.7 Å². The van der Waals surface area contributed by atoms with Crippen molar-refractivity contribution in [1.29, 1.82) is 0 Å². The van der Waals surface area contributed by atoms with Gasteiger partial charge in [-0.25, -0.2) is 0 Å². The van der Waals surface area contributed by atoms with Crippen molar-refractivity contribution in [3.05, 3.63) is 0 Å². The minimum Gasteiger partial charge on any atom is -0.379 e. The molecule has 2 fully saturated rings. The van der Waals surface area contributed by atoms with E-state index < -0.39 is 0 Å². The molecule has 2 aliphatic rings. The number of halogens is 1. The molecule has 0 N–H and O–H groups in total. The molecule has 0 aromatic rings. The normalized spacial score (nSPS) is 44.8. The zero-order valence-electron chi connectivity index (χ0n) is 7.74. The lowest BCUT2D eigenvalue weighted by molar-refractivity contribution is -0.136. The number of methoxy groups -OCH3 is 1. The van der Waals surface area contributed by atoms with Crippen LogP contribution in [0.25, 0.3) is 0 Å². The topological polar surface area (TPSA) is 27.7 Å². The van der Waals surface area contributed by atoms with Crippen LogP contribution in [0.1, 0.15) is 12.8 Å². The maximum atomic E-state index is 5.96. The van der Waals surface area contributed by atoms with Crippen LogP contribution in [0, 0.1) is 0 Å². The smallest absolute Gasteiger partial charge is 0.0997 e. The standard InChI is InChI=1S/C9H15ClO3/c1-11-9-7(10)4-8(9)13-6-2-3-12-5-6/h6-9H,2-5H2,1H3. The predicted octanol–water partition coefficient (Wildman–Crippen LogP) is 1.19. The number of ether oxygens (including phenoxy) is 3. The summed E-state index contributed by atoms with van der Waals surface area (Å²) in [6.07, 6.45) is 2.41. The van der Waals surface area contributed by atoms with Crippen molar-refractivity contribution in [3.8, 4) is 0 Å². The first-order valence-corrected chi connectivity index (χ1v) is 5.15. The highest BCUT2D eigenvalue weighted by molar-refractivity contribution is 6.21. The predicted molar refractivity (Wildman–Crippen MR) is 49.2 cm³/mol. The van der Waals surface area contributed by atoms with Crippen molar-refractivity contribution in [1.82, 2.24) is 0 Å². The average Bonchev–Trinajstić information content (AvgIpc) is 2.56. The SMILES string of the molecule is COC1C(Cl)CC1OC1CCOC1. The Morgan fingerprint density at radius 3 is 2.85 bits per heavy atom. The Hall–Kier alpha value is 0.170. The lowest BCUT2D eigenvalue weighted by Crippen LogP contribution is -2.51. The molecule has 2 rings (SSSR count). The Morgan fingerprint density at radius 2 is 2.31 bits per heavy atom. The quantitative estimate of drug-likeness (QED) is 0.650. The fourth-order valence-corrected chi connectivity index (χ4v) is 2.27. The van der Waals surface area contributed by atoms with Gasteiger partial charge >= 0.3 is 0 Å². The summed E-state index contributed by atoms with van der Waals surface area (Å²) in [4.78, 5) is 0. The first-order chi connectivity index (χ1) is 6.31. The van der Waals surface area contributed by atoms with Gasteiger partial charge in [0.1, 0.15) is 0 Å². The molecule has 0 amide bonds. The molecule has 3 nitrogen and oxygen atoms in total. The molecule has 4 atom stereocenters. The molecule has 1 aliphatic heterocycles. The molecule has 1 aliphatic carbocycles. The van der Waals surface area contributed by atoms with Crippen LogP contribution in [0.2, 0.25) is 0 Å². The molecule has 1 saturated heterocycles. The number of rotatable bonds is 3. The van der Waals surface area contributed by atoms with Gasteiger partial charge in [-0.15, -0.1) is 11.6 Å². The van der Waals surface area contributed by atoms with Gasteiger partial charge in [-0.2, -0.15) is 0 Å². The zero-order chi connectivity index (χ0) is 9.26. The molecule has 4 heteroatoms. The van der Waals surface area contributed by atoms with E-state index in [2.05, 4.69) is 0 Å². The van der Waals surface area contributed by atoms with Gasteiger partial charge in [-0.05, 0) is 12.8 Å². The van der Waals surface area contributed by atoms with Gasteiger partial charge in [0.05, 0.1) is 30.3 Å². The lowest BCUT2D eigenvalue weighted by atomic mass is 9.91. The second-order valence-corrected chi connectivity index (χ2v) is 4.17. The number of hydrogen-bond acceptors (Lipinski definition) is 3. The third-order valence-corrected chi connectivity index (χ3v) is 3.13. The van der Waals surface area contributed by atoms with Crippen LogP contribution in [-0.4, -0.2) is 44.0 Å². The summed E-state index contributed by atoms with van der Waals surface area (Å²) in [6, 6.07) is 0. The average molecular weight is 207 g/mol. The zero-order valence-corrected chi connectivity index (χ0v) is 8.50. The van der Waals surface area contributed by atoms with Crippen molar-refractivity contribution in [2.45, 2.75) is 36.5 Å². The Kier molecular flexibility index (Phi) is 3.09. The largest absolute Gasteiger partial charge is 0.379 e. The van der Waals surface area contributed by atoms with E-state index in [-0.39, 0.29) is 23.7 Å². The van der Waals surface area contributed by atoms with E-state index in [1.165, 1.54) is 0 Å². The maximum absolute atomic E-state index is 5.96. The van der Waals surface area contributed by atoms with Crippen LogP contribution in [0.4, 0.5) is 0 Å². The van der Waals surface area contributed by atoms with E-state index in [9.17, 15) is 0 Å². The second-order valence-electron chi connectivity index (χ2n) is 3.61. The monoisotopic (exact) mass is 206 g/mol. The Labute approximate surface area is 83.3 Å². The summed E-state index contributed by atoms with van der Waals surface area (Å²) >= 11 is 5.96. The summed E-state index contributed by atoms with van der Waals surface area (Å²) in [6.45, 7) is 1.54. The Morgan fingerprint density at radius 1 is 1.46 bits per heavy atom. The number of hydrogen-bond donors (Lipinski definition) is 0. The van der Waals surface area contributed by atoms with Crippen LogP contribution in [0.3, 0.4) is 0 Å². The molecule has 1 saturated carbocycles. The lowest BCUT2D eigenvalue weighted by Gasteiger charge is -2.40. The summed E-state index contributed by atoms with van der Waals surface area (Å²) < 4.78 is 16.2. The Balaban J connectivity index is 1.75. The van der Waals surface area contributed by atoms with Crippen molar-refractivity contribution < 1.29 is 14.2 Å². The van der Waals surface area contributed by atoms with Crippen molar-refractivity contribution >= 4 is 11.6 Å². The van der Waals surface area contributed by atoms with E-state index in [0.29, 0.717) is 0 Å². The highest BCUT2D eigenvalue weighted by Crippen LogP contribution is 2.33. The molecule has 4 unspecified atom stereocenters. The highest BCUT2D eigenvalue weighted by Gasteiger charge is 2.42. The molecule has 0 radical (unpaired) electrons. The van der Waals surface area contributed by atoms with Gasteiger partial charge < -0.3 is 14.2 Å². The van der Waals surface area contributed by atoms with Crippen molar-refractivity contribution in [3.63, 3.8) is 0 Å². The third kappa shape index (κ3) is 1.99. The summed E-state index contributed by atoms with van der Waals surface area (Å²) in [5.41, 5.74) is 0. The fraction of sp³-hybridized carbons (Fsp3) is 1.00. The fourth-order valence-electron chi connectivity index (χ4n) is 1.83. The van der Waals surface area contributed by atoms with Gasteiger partial charge in [-0.3, -0.25) is 0 Å². The summed E-state index contributed by atoms with van der Waals surface area (Å²) in [7, 11) is 1.68. The molecule has 0 aromatic carbocycles. The van der Waals surface area contributed by atoms with Crippen LogP contribution < -0.4 is 0 Å². The summed E-state index contributed by atoms with van der Waals surface area (Å²) in [5, 5.41) is 0.123. The number of alkyl halides is 1. The van der Waals surface area contributed by atoms with Gasteiger partial charge in [0.15, 0.2) is 0 Å². The second kappa shape index (κ2) is 4.13. The minimum absolute atomic E-state index is 0.0715. The molecule has 1 heterocycles. The molecular formula is C9H15ClO3. The van der Waals surface area contributed by atoms with Gasteiger partial charge in [0.25, 0.3) is 0 Å². The van der Waals surface area contributed by atoms with E-state index in [1.54, 1.807) is 7.11 Å². The van der Waals surface area contributed by atoms with Crippen LogP contribution in [0.5, 0.6) is 0 Å². The Bertz CT molecular complexity index is 170. The van der Waals surface area contributed by atoms with Crippen LogP contribution >= 0.6 is 11.6 Å². The summed E-state index contributed by atoms with van der Waals surface area (Å²) in [5.74, 6) is 0. The van der Waals surface area contributed by atoms with Crippen molar-refractivity contribution in [2.75, 3.05) is 20.3 Å². The van der Waals surface area contributed by atoms with Crippen LogP contribution in [-0.2, 0) is 14.2 Å². The molecule has 0 bridgehead atoms. The first kappa shape index (κ1) is 9.71. The van der Waals surface area contributed by atoms with E-state index in [0.717, 1.165) is 26.1 Å². The highest BCUT2D eigenvalue weighted by atomic mass is 35.5. The van der Waals surface area contributed by atoms with E-state index >= 15 is 0 Å². The molecular weight excluding hydrogens is 192 g/mol. The van der Waals surface area contributed by atoms with Gasteiger partial charge in [-0.1, -0.05) is 0 Å². The minimum atomic E-state index is 0.0715. The third-order valence-electron chi connectivity index (χ3n) is 2.71.